The summed E-state index contributed by atoms with van der Waals surface area (Å²) in [7, 11) is 1.31. The molecule has 0 radical (unpaired) electrons. The van der Waals surface area contributed by atoms with Crippen LogP contribution in [0.1, 0.15) is 67.2 Å². The molecule has 146 valence electrons. The maximum absolute atomic E-state index is 12.2. The Labute approximate surface area is 150 Å². The maximum atomic E-state index is 12.2. The Bertz CT molecular complexity index is 484. The summed E-state index contributed by atoms with van der Waals surface area (Å²) in [6.07, 6.45) is 2.11. The molecular formula is C19H34O6. The van der Waals surface area contributed by atoms with Crippen LogP contribution in [-0.4, -0.2) is 35.2 Å². The Kier molecular flexibility index (Phi) is 8.62. The van der Waals surface area contributed by atoms with Gasteiger partial charge in [0.1, 0.15) is 0 Å². The fourth-order valence-electron chi connectivity index (χ4n) is 3.31. The lowest BCUT2D eigenvalue weighted by Crippen LogP contribution is -2.34. The van der Waals surface area contributed by atoms with E-state index in [1.807, 2.05) is 6.92 Å². The normalized spacial score (nSPS) is 17.9. The third-order valence-corrected chi connectivity index (χ3v) is 5.33. The van der Waals surface area contributed by atoms with Crippen LogP contribution in [0.4, 0.5) is 0 Å². The summed E-state index contributed by atoms with van der Waals surface area (Å²) in [5.74, 6) is -3.20. The number of carboxylic acids is 2. The smallest absolute Gasteiger partial charge is 0.311 e. The zero-order chi connectivity index (χ0) is 20.0. The number of hydrogen-bond donors (Lipinski definition) is 2. The average Bonchev–Trinajstić information content (AvgIpc) is 2.50. The van der Waals surface area contributed by atoms with Crippen LogP contribution >= 0.6 is 0 Å². The van der Waals surface area contributed by atoms with Gasteiger partial charge in [-0.15, -0.1) is 0 Å². The molecule has 2 N–H and O–H groups in total. The zero-order valence-electron chi connectivity index (χ0n) is 16.6. The molecule has 4 unspecified atom stereocenters. The van der Waals surface area contributed by atoms with Crippen molar-refractivity contribution < 1.29 is 29.3 Å². The zero-order valence-corrected chi connectivity index (χ0v) is 16.6. The molecule has 0 aromatic carbocycles. The lowest BCUT2D eigenvalue weighted by atomic mass is 9.70. The molecular weight excluding hydrogens is 324 g/mol. The van der Waals surface area contributed by atoms with E-state index in [1.165, 1.54) is 7.11 Å². The molecule has 0 amide bonds. The highest BCUT2D eigenvalue weighted by Crippen LogP contribution is 2.40. The molecule has 0 aliphatic rings. The monoisotopic (exact) mass is 358 g/mol. The van der Waals surface area contributed by atoms with Crippen LogP contribution in [0, 0.1) is 28.6 Å². The molecule has 0 fully saturated rings. The van der Waals surface area contributed by atoms with Crippen molar-refractivity contribution in [3.05, 3.63) is 0 Å². The quantitative estimate of drug-likeness (QED) is 0.544. The molecule has 0 aliphatic carbocycles. The van der Waals surface area contributed by atoms with Crippen molar-refractivity contribution in [3.63, 3.8) is 0 Å². The Morgan fingerprint density at radius 3 is 1.84 bits per heavy atom. The van der Waals surface area contributed by atoms with Crippen LogP contribution in [0.25, 0.3) is 0 Å². The molecule has 6 heteroatoms. The average molecular weight is 358 g/mol. The van der Waals surface area contributed by atoms with Gasteiger partial charge >= 0.3 is 17.9 Å². The minimum atomic E-state index is -0.932. The van der Waals surface area contributed by atoms with Crippen molar-refractivity contribution in [2.24, 2.45) is 28.6 Å². The van der Waals surface area contributed by atoms with E-state index in [4.69, 9.17) is 14.9 Å². The summed E-state index contributed by atoms with van der Waals surface area (Å²) in [4.78, 5) is 34.5. The van der Waals surface area contributed by atoms with Gasteiger partial charge in [0.05, 0.1) is 24.4 Å². The van der Waals surface area contributed by atoms with Gasteiger partial charge in [-0.25, -0.2) is 0 Å². The molecule has 0 aliphatic heterocycles. The molecule has 0 heterocycles. The summed E-state index contributed by atoms with van der Waals surface area (Å²) < 4.78 is 4.90. The molecule has 4 atom stereocenters. The fourth-order valence-corrected chi connectivity index (χ4v) is 3.31. The summed E-state index contributed by atoms with van der Waals surface area (Å²) in [5, 5.41) is 18.3. The second kappa shape index (κ2) is 9.20. The van der Waals surface area contributed by atoms with E-state index < -0.39 is 35.2 Å². The van der Waals surface area contributed by atoms with Gasteiger partial charge in [-0.1, -0.05) is 34.6 Å². The van der Waals surface area contributed by atoms with Crippen LogP contribution in [0.2, 0.25) is 0 Å². The number of carbonyl (C=O) groups excluding carboxylic acids is 1. The van der Waals surface area contributed by atoms with Crippen LogP contribution in [0.3, 0.4) is 0 Å². The predicted octanol–water partition coefficient (Wildman–Crippen LogP) is 3.83. The number of aliphatic carboxylic acids is 2. The second-order valence-electron chi connectivity index (χ2n) is 8.47. The molecule has 0 saturated heterocycles. The molecule has 6 nitrogen and oxygen atoms in total. The van der Waals surface area contributed by atoms with E-state index in [-0.39, 0.29) is 17.8 Å². The van der Waals surface area contributed by atoms with Crippen LogP contribution in [0.15, 0.2) is 0 Å². The number of carbonyl (C=O) groups is 3. The van der Waals surface area contributed by atoms with Crippen molar-refractivity contribution in [1.29, 1.82) is 0 Å². The van der Waals surface area contributed by atoms with E-state index in [1.54, 1.807) is 20.8 Å². The van der Waals surface area contributed by atoms with Gasteiger partial charge < -0.3 is 14.9 Å². The SMILES string of the molecule is COC(=O)C(C)(CCC(C)(C)CC(C)C(C)C(=O)O)CC(C)C(=O)O. The minimum Gasteiger partial charge on any atom is -0.481 e. The topological polar surface area (TPSA) is 101 Å². The largest absolute Gasteiger partial charge is 0.481 e. The molecule has 0 aromatic heterocycles. The first kappa shape index (κ1) is 23.4. The second-order valence-corrected chi connectivity index (χ2v) is 8.47. The standard InChI is InChI=1S/C19H34O6/c1-12(14(3)16(22)23)10-18(4,5)8-9-19(6,17(24)25-7)11-13(2)15(20)21/h12-14H,8-11H2,1-7H3,(H,20,21)(H,22,23). The van der Waals surface area contributed by atoms with Crippen molar-refractivity contribution in [2.45, 2.75) is 67.2 Å². The summed E-state index contributed by atoms with van der Waals surface area (Å²) >= 11 is 0. The van der Waals surface area contributed by atoms with Crippen molar-refractivity contribution >= 4 is 17.9 Å². The van der Waals surface area contributed by atoms with E-state index >= 15 is 0 Å². The Balaban J connectivity index is 5.05. The molecule has 0 aromatic rings. The van der Waals surface area contributed by atoms with Crippen molar-refractivity contribution in [2.75, 3.05) is 7.11 Å². The van der Waals surface area contributed by atoms with E-state index in [2.05, 4.69) is 13.8 Å². The van der Waals surface area contributed by atoms with E-state index in [9.17, 15) is 14.4 Å². The minimum absolute atomic E-state index is 0.00910. The lowest BCUT2D eigenvalue weighted by Gasteiger charge is -2.34. The molecule has 0 rings (SSSR count). The van der Waals surface area contributed by atoms with E-state index in [0.29, 0.717) is 19.3 Å². The predicted molar refractivity (Wildman–Crippen MR) is 95.1 cm³/mol. The number of esters is 1. The summed E-state index contributed by atoms with van der Waals surface area (Å²) in [6, 6.07) is 0. The van der Waals surface area contributed by atoms with Gasteiger partial charge in [0, 0.05) is 0 Å². The Hall–Kier alpha value is -1.59. The van der Waals surface area contributed by atoms with Crippen molar-refractivity contribution in [3.8, 4) is 0 Å². The van der Waals surface area contributed by atoms with E-state index in [0.717, 1.165) is 0 Å². The first-order valence-electron chi connectivity index (χ1n) is 8.80. The number of hydrogen-bond acceptors (Lipinski definition) is 4. The first-order valence-corrected chi connectivity index (χ1v) is 8.80. The summed E-state index contributed by atoms with van der Waals surface area (Å²) in [6.45, 7) is 11.1. The molecule has 0 saturated carbocycles. The Morgan fingerprint density at radius 1 is 0.920 bits per heavy atom. The van der Waals surface area contributed by atoms with Crippen LogP contribution in [-0.2, 0) is 19.1 Å². The number of methoxy groups -OCH3 is 1. The highest BCUT2D eigenvalue weighted by Gasteiger charge is 2.39. The number of ether oxygens (including phenoxy) is 1. The van der Waals surface area contributed by atoms with Gasteiger partial charge in [0.25, 0.3) is 0 Å². The van der Waals surface area contributed by atoms with Gasteiger partial charge in [-0.05, 0) is 43.9 Å². The number of carboxylic acid groups (broad SMARTS) is 2. The van der Waals surface area contributed by atoms with Gasteiger partial charge in [0.15, 0.2) is 0 Å². The summed E-state index contributed by atoms with van der Waals surface area (Å²) in [5.41, 5.74) is -1.03. The molecule has 0 spiro atoms. The van der Waals surface area contributed by atoms with Crippen molar-refractivity contribution in [1.82, 2.24) is 0 Å². The third-order valence-electron chi connectivity index (χ3n) is 5.33. The number of rotatable bonds is 11. The lowest BCUT2D eigenvalue weighted by molar-refractivity contribution is -0.155. The molecule has 0 bridgehead atoms. The van der Waals surface area contributed by atoms with Crippen LogP contribution in [0.5, 0.6) is 0 Å². The van der Waals surface area contributed by atoms with Gasteiger partial charge in [-0.2, -0.15) is 0 Å². The fraction of sp³-hybridized carbons (Fsp3) is 0.842. The van der Waals surface area contributed by atoms with Gasteiger partial charge in [0.2, 0.25) is 0 Å². The first-order chi connectivity index (χ1) is 11.3. The third kappa shape index (κ3) is 7.45. The maximum Gasteiger partial charge on any atom is 0.311 e. The van der Waals surface area contributed by atoms with Crippen LogP contribution < -0.4 is 0 Å². The molecule has 25 heavy (non-hydrogen) atoms. The highest BCUT2D eigenvalue weighted by atomic mass is 16.5. The Morgan fingerprint density at radius 2 is 1.44 bits per heavy atom. The van der Waals surface area contributed by atoms with Gasteiger partial charge in [-0.3, -0.25) is 14.4 Å². The highest BCUT2D eigenvalue weighted by molar-refractivity contribution is 5.78.